The lowest BCUT2D eigenvalue weighted by Crippen LogP contribution is -2.52. The highest BCUT2D eigenvalue weighted by Crippen LogP contribution is 2.27. The average Bonchev–Trinajstić information content (AvgIpc) is 2.92. The van der Waals surface area contributed by atoms with E-state index in [1.165, 1.54) is 24.1 Å². The number of hydrogen-bond acceptors (Lipinski definition) is 5. The van der Waals surface area contributed by atoms with E-state index in [0.717, 1.165) is 15.4 Å². The van der Waals surface area contributed by atoms with Gasteiger partial charge in [-0.25, -0.2) is 8.42 Å². The second-order valence-corrected chi connectivity index (χ2v) is 10.7. The molecule has 0 saturated carbocycles. The van der Waals surface area contributed by atoms with E-state index in [1.807, 2.05) is 45.0 Å². The number of carbonyl (C=O) groups excluding carboxylic acids is 2. The summed E-state index contributed by atoms with van der Waals surface area (Å²) in [6, 6.07) is 21.4. The number of nitrogens with one attached hydrogen (secondary N) is 1. The Morgan fingerprint density at radius 3 is 2.29 bits per heavy atom. The molecule has 202 valence electrons. The molecule has 0 aliphatic rings. The first-order valence-electron chi connectivity index (χ1n) is 12.6. The summed E-state index contributed by atoms with van der Waals surface area (Å²) in [5.41, 5.74) is 2.15. The highest BCUT2D eigenvalue weighted by Gasteiger charge is 2.33. The first-order chi connectivity index (χ1) is 18.2. The monoisotopic (exact) mass is 537 g/mol. The van der Waals surface area contributed by atoms with Crippen molar-refractivity contribution in [3.63, 3.8) is 0 Å². The van der Waals surface area contributed by atoms with Crippen molar-refractivity contribution in [3.8, 4) is 5.75 Å². The molecule has 3 rings (SSSR count). The van der Waals surface area contributed by atoms with Gasteiger partial charge in [0.2, 0.25) is 11.8 Å². The van der Waals surface area contributed by atoms with Crippen molar-refractivity contribution >= 4 is 27.5 Å². The van der Waals surface area contributed by atoms with E-state index in [2.05, 4.69) is 5.32 Å². The SMILES string of the molecule is CCNC(=O)C(CC)N(Cc1cccc(C)c1)C(=O)CN(c1cccc(OC)c1)S(=O)(=O)c1ccccc1. The predicted octanol–water partition coefficient (Wildman–Crippen LogP) is 4.14. The minimum absolute atomic E-state index is 0.0524. The maximum absolute atomic E-state index is 14.0. The molecule has 0 aliphatic heterocycles. The van der Waals surface area contributed by atoms with E-state index in [-0.39, 0.29) is 23.0 Å². The van der Waals surface area contributed by atoms with Gasteiger partial charge in [-0.15, -0.1) is 0 Å². The highest BCUT2D eigenvalue weighted by molar-refractivity contribution is 7.92. The third-order valence-corrected chi connectivity index (χ3v) is 7.91. The van der Waals surface area contributed by atoms with Gasteiger partial charge in [0.25, 0.3) is 10.0 Å². The van der Waals surface area contributed by atoms with Crippen molar-refractivity contribution in [1.82, 2.24) is 10.2 Å². The van der Waals surface area contributed by atoms with Crippen LogP contribution in [0.15, 0.2) is 83.8 Å². The van der Waals surface area contributed by atoms with Crippen LogP contribution in [0.3, 0.4) is 0 Å². The number of sulfonamides is 1. The number of methoxy groups -OCH3 is 1. The molecular weight excluding hydrogens is 502 g/mol. The zero-order chi connectivity index (χ0) is 27.7. The van der Waals surface area contributed by atoms with E-state index < -0.39 is 28.5 Å². The lowest BCUT2D eigenvalue weighted by atomic mass is 10.1. The third-order valence-electron chi connectivity index (χ3n) is 6.12. The number of ether oxygens (including phenoxy) is 1. The molecule has 3 aromatic carbocycles. The normalized spacial score (nSPS) is 11.9. The molecule has 2 amide bonds. The average molecular weight is 538 g/mol. The van der Waals surface area contributed by atoms with Gasteiger partial charge in [-0.05, 0) is 50.1 Å². The number of rotatable bonds is 12. The maximum Gasteiger partial charge on any atom is 0.264 e. The van der Waals surface area contributed by atoms with Gasteiger partial charge in [0, 0.05) is 19.2 Å². The summed E-state index contributed by atoms with van der Waals surface area (Å²) in [7, 11) is -2.63. The Bertz CT molecular complexity index is 1350. The maximum atomic E-state index is 14.0. The number of amides is 2. The zero-order valence-corrected chi connectivity index (χ0v) is 23.1. The fourth-order valence-corrected chi connectivity index (χ4v) is 5.66. The molecule has 0 radical (unpaired) electrons. The van der Waals surface area contributed by atoms with Crippen molar-refractivity contribution in [2.24, 2.45) is 0 Å². The van der Waals surface area contributed by atoms with Gasteiger partial charge < -0.3 is 15.0 Å². The fraction of sp³-hybridized carbons (Fsp3) is 0.310. The van der Waals surface area contributed by atoms with Crippen LogP contribution in [0.5, 0.6) is 5.75 Å². The van der Waals surface area contributed by atoms with Crippen molar-refractivity contribution in [3.05, 3.63) is 90.0 Å². The minimum Gasteiger partial charge on any atom is -0.497 e. The number of anilines is 1. The number of nitrogens with zero attached hydrogens (tertiary/aromatic N) is 2. The van der Waals surface area contributed by atoms with Crippen molar-refractivity contribution in [2.75, 3.05) is 24.5 Å². The first-order valence-corrected chi connectivity index (χ1v) is 14.0. The van der Waals surface area contributed by atoms with Gasteiger partial charge in [0.05, 0.1) is 17.7 Å². The van der Waals surface area contributed by atoms with Gasteiger partial charge in [0.15, 0.2) is 0 Å². The molecule has 0 fully saturated rings. The molecule has 0 heterocycles. The van der Waals surface area contributed by atoms with Gasteiger partial charge >= 0.3 is 0 Å². The molecule has 3 aromatic rings. The highest BCUT2D eigenvalue weighted by atomic mass is 32.2. The molecule has 8 nitrogen and oxygen atoms in total. The van der Waals surface area contributed by atoms with Crippen LogP contribution in [0.2, 0.25) is 0 Å². The third kappa shape index (κ3) is 6.92. The lowest BCUT2D eigenvalue weighted by molar-refractivity contribution is -0.140. The summed E-state index contributed by atoms with van der Waals surface area (Å²) >= 11 is 0. The number of carbonyl (C=O) groups is 2. The van der Waals surface area contributed by atoms with Crippen LogP contribution in [0.25, 0.3) is 0 Å². The second kappa shape index (κ2) is 13.1. The molecule has 1 N–H and O–H groups in total. The van der Waals surface area contributed by atoms with Gasteiger partial charge in [0.1, 0.15) is 18.3 Å². The number of hydrogen-bond donors (Lipinski definition) is 1. The fourth-order valence-electron chi connectivity index (χ4n) is 4.23. The Morgan fingerprint density at radius 1 is 0.947 bits per heavy atom. The first kappa shape index (κ1) is 28.7. The Morgan fingerprint density at radius 2 is 1.66 bits per heavy atom. The molecule has 9 heteroatoms. The topological polar surface area (TPSA) is 96.0 Å². The standard InChI is InChI=1S/C29H35N3O5S/c1-5-27(29(34)30-6-2)31(20-23-13-10-12-22(3)18-23)28(33)21-32(24-14-11-15-25(19-24)37-4)38(35,36)26-16-8-7-9-17-26/h7-19,27H,5-6,20-21H2,1-4H3,(H,30,34). The van der Waals surface area contributed by atoms with Crippen LogP contribution in [-0.4, -0.2) is 51.4 Å². The van der Waals surface area contributed by atoms with Crippen LogP contribution in [-0.2, 0) is 26.2 Å². The van der Waals surface area contributed by atoms with Gasteiger partial charge in [-0.2, -0.15) is 0 Å². The smallest absolute Gasteiger partial charge is 0.264 e. The summed E-state index contributed by atoms with van der Waals surface area (Å²) in [4.78, 5) is 28.5. The van der Waals surface area contributed by atoms with Crippen LogP contribution >= 0.6 is 0 Å². The van der Waals surface area contributed by atoms with E-state index in [0.29, 0.717) is 18.7 Å². The molecule has 0 aromatic heterocycles. The van der Waals surface area contributed by atoms with E-state index in [1.54, 1.807) is 42.5 Å². The van der Waals surface area contributed by atoms with E-state index in [9.17, 15) is 18.0 Å². The van der Waals surface area contributed by atoms with Crippen LogP contribution in [0, 0.1) is 6.92 Å². The summed E-state index contributed by atoms with van der Waals surface area (Å²) in [6.07, 6.45) is 0.369. The van der Waals surface area contributed by atoms with Crippen LogP contribution < -0.4 is 14.4 Å². The van der Waals surface area contributed by atoms with E-state index in [4.69, 9.17) is 4.74 Å². The van der Waals surface area contributed by atoms with Gasteiger partial charge in [-0.1, -0.05) is 61.0 Å². The number of likely N-dealkylation sites (N-methyl/N-ethyl adjacent to an activating group) is 1. The quantitative estimate of drug-likeness (QED) is 0.375. The predicted molar refractivity (Wildman–Crippen MR) is 148 cm³/mol. The van der Waals surface area contributed by atoms with Crippen LogP contribution in [0.1, 0.15) is 31.4 Å². The molecule has 1 atom stereocenters. The van der Waals surface area contributed by atoms with E-state index >= 15 is 0 Å². The van der Waals surface area contributed by atoms with Crippen molar-refractivity contribution in [1.29, 1.82) is 0 Å². The second-order valence-electron chi connectivity index (χ2n) is 8.86. The van der Waals surface area contributed by atoms with Gasteiger partial charge in [-0.3, -0.25) is 13.9 Å². The summed E-state index contributed by atoms with van der Waals surface area (Å²) < 4.78 is 34.0. The zero-order valence-electron chi connectivity index (χ0n) is 22.3. The Hall–Kier alpha value is -3.85. The minimum atomic E-state index is -4.12. The molecule has 1 unspecified atom stereocenters. The number of aryl methyl sites for hydroxylation is 1. The molecular formula is C29H35N3O5S. The lowest BCUT2D eigenvalue weighted by Gasteiger charge is -2.33. The molecule has 0 spiro atoms. The number of benzene rings is 3. The van der Waals surface area contributed by atoms with Crippen LogP contribution in [0.4, 0.5) is 5.69 Å². The largest absolute Gasteiger partial charge is 0.497 e. The van der Waals surface area contributed by atoms with Crippen molar-refractivity contribution in [2.45, 2.75) is 44.7 Å². The Balaban J connectivity index is 2.07. The summed E-state index contributed by atoms with van der Waals surface area (Å²) in [6.45, 7) is 5.68. The molecule has 38 heavy (non-hydrogen) atoms. The Kier molecular flexibility index (Phi) is 9.90. The van der Waals surface area contributed by atoms with Crippen molar-refractivity contribution < 1.29 is 22.7 Å². The molecule has 0 aliphatic carbocycles. The summed E-state index contributed by atoms with van der Waals surface area (Å²) in [5.74, 6) is -0.324. The Labute approximate surface area is 225 Å². The molecule has 0 bridgehead atoms. The molecule has 0 saturated heterocycles. The summed E-state index contributed by atoms with van der Waals surface area (Å²) in [5, 5.41) is 2.80.